The van der Waals surface area contributed by atoms with Gasteiger partial charge in [-0.1, -0.05) is 11.6 Å². The molecule has 1 rings (SSSR count). The number of hydrogen-bond donors (Lipinski definition) is 2. The van der Waals surface area contributed by atoms with Gasteiger partial charge in [-0.15, -0.1) is 0 Å². The van der Waals surface area contributed by atoms with Gasteiger partial charge < -0.3 is 9.84 Å². The van der Waals surface area contributed by atoms with E-state index in [2.05, 4.69) is 5.32 Å². The van der Waals surface area contributed by atoms with E-state index in [0.717, 1.165) is 0 Å². The molecule has 1 aromatic carbocycles. The van der Waals surface area contributed by atoms with Crippen molar-refractivity contribution in [3.63, 3.8) is 0 Å². The second-order valence-electron chi connectivity index (χ2n) is 2.81. The van der Waals surface area contributed by atoms with Crippen LogP contribution in [0.25, 0.3) is 0 Å². The van der Waals surface area contributed by atoms with E-state index in [4.69, 9.17) is 21.4 Å². The van der Waals surface area contributed by atoms with E-state index in [9.17, 15) is 4.79 Å². The van der Waals surface area contributed by atoms with Crippen molar-refractivity contribution in [1.82, 2.24) is 0 Å². The predicted molar refractivity (Wildman–Crippen MR) is 58.0 cm³/mol. The first-order valence-electron chi connectivity index (χ1n) is 4.50. The highest BCUT2D eigenvalue weighted by Gasteiger charge is 2.06. The van der Waals surface area contributed by atoms with Gasteiger partial charge in [0.15, 0.2) is 0 Å². The van der Waals surface area contributed by atoms with Gasteiger partial charge in [-0.05, 0) is 25.1 Å². The number of anilines is 1. The minimum absolute atomic E-state index is 0.192. The molecule has 0 saturated carbocycles. The molecule has 4 nitrogen and oxygen atoms in total. The Labute approximate surface area is 92.8 Å². The molecule has 0 aliphatic rings. The van der Waals surface area contributed by atoms with Gasteiger partial charge in [-0.25, -0.2) is 4.79 Å². The third-order valence-electron chi connectivity index (χ3n) is 1.75. The zero-order valence-electron chi connectivity index (χ0n) is 8.29. The summed E-state index contributed by atoms with van der Waals surface area (Å²) < 4.78 is 4.71. The number of aliphatic hydroxyl groups excluding tert-OH is 1. The van der Waals surface area contributed by atoms with Gasteiger partial charge in [-0.3, -0.25) is 5.32 Å². The van der Waals surface area contributed by atoms with Crippen molar-refractivity contribution in [2.75, 3.05) is 11.9 Å². The molecule has 0 atom stereocenters. The minimum atomic E-state index is -0.547. The fourth-order valence-corrected chi connectivity index (χ4v) is 1.29. The van der Waals surface area contributed by atoms with E-state index in [-0.39, 0.29) is 6.61 Å². The molecule has 2 N–H and O–H groups in total. The van der Waals surface area contributed by atoms with Crippen molar-refractivity contribution in [3.05, 3.63) is 28.8 Å². The largest absolute Gasteiger partial charge is 0.450 e. The topological polar surface area (TPSA) is 58.6 Å². The molecule has 5 heteroatoms. The number of hydrogen-bond acceptors (Lipinski definition) is 3. The van der Waals surface area contributed by atoms with Crippen LogP contribution in [0, 0.1) is 0 Å². The quantitative estimate of drug-likeness (QED) is 0.837. The highest BCUT2D eigenvalue weighted by atomic mass is 35.5. The maximum absolute atomic E-state index is 11.1. The van der Waals surface area contributed by atoms with Crippen LogP contribution in [0.3, 0.4) is 0 Å². The van der Waals surface area contributed by atoms with Gasteiger partial charge in [-0.2, -0.15) is 0 Å². The van der Waals surface area contributed by atoms with Crippen molar-refractivity contribution in [1.29, 1.82) is 0 Å². The van der Waals surface area contributed by atoms with Crippen LogP contribution in [0.2, 0.25) is 5.02 Å². The fraction of sp³-hybridized carbons (Fsp3) is 0.300. The van der Waals surface area contributed by atoms with Gasteiger partial charge in [0, 0.05) is 16.3 Å². The molecule has 0 saturated heterocycles. The Kier molecular flexibility index (Phi) is 4.39. The Balaban J connectivity index is 2.80. The highest BCUT2D eigenvalue weighted by Crippen LogP contribution is 2.20. The summed E-state index contributed by atoms with van der Waals surface area (Å²) in [6, 6.07) is 4.83. The van der Waals surface area contributed by atoms with Gasteiger partial charge >= 0.3 is 6.09 Å². The van der Waals surface area contributed by atoms with Gasteiger partial charge in [0.1, 0.15) is 0 Å². The number of carbonyl (C=O) groups is 1. The zero-order valence-corrected chi connectivity index (χ0v) is 9.04. The Morgan fingerprint density at radius 2 is 2.33 bits per heavy atom. The SMILES string of the molecule is CCOC(=O)Nc1ccc(Cl)cc1CO. The average molecular weight is 230 g/mol. The maximum Gasteiger partial charge on any atom is 0.411 e. The average Bonchev–Trinajstić information content (AvgIpc) is 2.21. The number of benzene rings is 1. The van der Waals surface area contributed by atoms with Crippen LogP contribution in [0.5, 0.6) is 0 Å². The van der Waals surface area contributed by atoms with Crippen molar-refractivity contribution in [2.45, 2.75) is 13.5 Å². The molecule has 82 valence electrons. The Bertz CT molecular complexity index is 355. The molecule has 0 bridgehead atoms. The van der Waals surface area contributed by atoms with Gasteiger partial charge in [0.25, 0.3) is 0 Å². The van der Waals surface area contributed by atoms with E-state index < -0.39 is 6.09 Å². The molecule has 1 aromatic rings. The molecule has 0 aliphatic carbocycles. The van der Waals surface area contributed by atoms with E-state index in [1.807, 2.05) is 0 Å². The zero-order chi connectivity index (χ0) is 11.3. The first-order valence-corrected chi connectivity index (χ1v) is 4.88. The summed E-state index contributed by atoms with van der Waals surface area (Å²) >= 11 is 5.74. The first kappa shape index (κ1) is 11.8. The summed E-state index contributed by atoms with van der Waals surface area (Å²) in [7, 11) is 0. The van der Waals surface area contributed by atoms with Crippen molar-refractivity contribution in [2.24, 2.45) is 0 Å². The number of ether oxygens (including phenoxy) is 1. The molecule has 15 heavy (non-hydrogen) atoms. The molecule has 0 spiro atoms. The molecule has 0 heterocycles. The van der Waals surface area contributed by atoms with E-state index in [1.165, 1.54) is 0 Å². The monoisotopic (exact) mass is 229 g/mol. The molecule has 0 aromatic heterocycles. The Morgan fingerprint density at radius 1 is 1.60 bits per heavy atom. The number of rotatable bonds is 3. The van der Waals surface area contributed by atoms with Crippen LogP contribution in [-0.2, 0) is 11.3 Å². The number of halogens is 1. The lowest BCUT2D eigenvalue weighted by molar-refractivity contribution is 0.168. The van der Waals surface area contributed by atoms with Gasteiger partial charge in [0.2, 0.25) is 0 Å². The van der Waals surface area contributed by atoms with Crippen LogP contribution in [-0.4, -0.2) is 17.8 Å². The number of amides is 1. The lowest BCUT2D eigenvalue weighted by Gasteiger charge is -2.09. The number of aliphatic hydroxyl groups is 1. The van der Waals surface area contributed by atoms with Crippen molar-refractivity contribution >= 4 is 23.4 Å². The standard InChI is InChI=1S/C10H12ClNO3/c1-2-15-10(14)12-9-4-3-8(11)5-7(9)6-13/h3-5,13H,2,6H2,1H3,(H,12,14). The molecule has 0 unspecified atom stereocenters. The Hall–Kier alpha value is -1.26. The fourth-order valence-electron chi connectivity index (χ4n) is 1.09. The number of carbonyl (C=O) groups excluding carboxylic acids is 1. The third-order valence-corrected chi connectivity index (χ3v) is 1.98. The third kappa shape index (κ3) is 3.42. The summed E-state index contributed by atoms with van der Waals surface area (Å²) in [5.41, 5.74) is 1.05. The van der Waals surface area contributed by atoms with Crippen LogP contribution in [0.15, 0.2) is 18.2 Å². The van der Waals surface area contributed by atoms with Gasteiger partial charge in [0.05, 0.1) is 13.2 Å². The smallest absolute Gasteiger partial charge is 0.411 e. The second kappa shape index (κ2) is 5.58. The molecule has 0 fully saturated rings. The maximum atomic E-state index is 11.1. The van der Waals surface area contributed by atoms with Crippen LogP contribution < -0.4 is 5.32 Å². The second-order valence-corrected chi connectivity index (χ2v) is 3.24. The first-order chi connectivity index (χ1) is 7.17. The lowest BCUT2D eigenvalue weighted by atomic mass is 10.2. The van der Waals surface area contributed by atoms with E-state index in [1.54, 1.807) is 25.1 Å². The molecule has 0 radical (unpaired) electrons. The van der Waals surface area contributed by atoms with Crippen molar-refractivity contribution < 1.29 is 14.6 Å². The normalized spacial score (nSPS) is 9.80. The summed E-state index contributed by atoms with van der Waals surface area (Å²) in [6.07, 6.45) is -0.547. The molecule has 1 amide bonds. The molecule has 0 aliphatic heterocycles. The summed E-state index contributed by atoms with van der Waals surface area (Å²) in [6.45, 7) is 1.82. The van der Waals surface area contributed by atoms with Crippen LogP contribution >= 0.6 is 11.6 Å². The van der Waals surface area contributed by atoms with Crippen molar-refractivity contribution in [3.8, 4) is 0 Å². The van der Waals surface area contributed by atoms with Crippen LogP contribution in [0.4, 0.5) is 10.5 Å². The summed E-state index contributed by atoms with van der Waals surface area (Å²) in [4.78, 5) is 11.1. The predicted octanol–water partition coefficient (Wildman–Crippen LogP) is 2.40. The summed E-state index contributed by atoms with van der Waals surface area (Å²) in [5, 5.41) is 12.1. The summed E-state index contributed by atoms with van der Waals surface area (Å²) in [5.74, 6) is 0. The van der Waals surface area contributed by atoms with Crippen LogP contribution in [0.1, 0.15) is 12.5 Å². The molecular formula is C10H12ClNO3. The lowest BCUT2D eigenvalue weighted by Crippen LogP contribution is -2.14. The highest BCUT2D eigenvalue weighted by molar-refractivity contribution is 6.30. The minimum Gasteiger partial charge on any atom is -0.450 e. The molecular weight excluding hydrogens is 218 g/mol. The van der Waals surface area contributed by atoms with E-state index >= 15 is 0 Å². The number of nitrogens with one attached hydrogen (secondary N) is 1. The van der Waals surface area contributed by atoms with E-state index in [0.29, 0.717) is 22.9 Å². The Morgan fingerprint density at radius 3 is 2.93 bits per heavy atom.